The maximum atomic E-state index is 12.9. The number of primary amides is 1. The number of ketones is 1. The molecule has 2 heterocycles. The van der Waals surface area contributed by atoms with Gasteiger partial charge in [-0.3, -0.25) is 9.78 Å². The number of benzene rings is 1. The van der Waals surface area contributed by atoms with Crippen molar-refractivity contribution >= 4 is 28.5 Å². The third kappa shape index (κ3) is 3.03. The van der Waals surface area contributed by atoms with E-state index in [0.29, 0.717) is 28.0 Å². The number of nitrogens with zero attached hydrogens (tertiary/aromatic N) is 1. The van der Waals surface area contributed by atoms with Crippen LogP contribution in [0, 0.1) is 13.8 Å². The molecular weight excluding hydrogens is 322 g/mol. The average Bonchev–Trinajstić information content (AvgIpc) is 2.91. The Morgan fingerprint density at radius 1 is 1.20 bits per heavy atom. The fourth-order valence-electron chi connectivity index (χ4n) is 2.66. The Bertz CT molecular complexity index is 991. The monoisotopic (exact) mass is 339 g/mol. The number of methoxy groups -OCH3 is 1. The molecule has 7 heteroatoms. The molecule has 3 rings (SSSR count). The summed E-state index contributed by atoms with van der Waals surface area (Å²) in [6.45, 7) is 3.59. The summed E-state index contributed by atoms with van der Waals surface area (Å²) in [4.78, 5) is 28.6. The van der Waals surface area contributed by atoms with E-state index in [2.05, 4.69) is 10.3 Å². The summed E-state index contributed by atoms with van der Waals surface area (Å²) in [5.74, 6) is 0.179. The van der Waals surface area contributed by atoms with Crippen LogP contribution in [-0.2, 0) is 0 Å². The quantitative estimate of drug-likeness (QED) is 0.710. The number of aromatic nitrogens is 1. The van der Waals surface area contributed by atoms with Gasteiger partial charge in [0, 0.05) is 28.4 Å². The van der Waals surface area contributed by atoms with Gasteiger partial charge in [-0.2, -0.15) is 0 Å². The molecule has 0 radical (unpaired) electrons. The molecule has 25 heavy (non-hydrogen) atoms. The van der Waals surface area contributed by atoms with Crippen LogP contribution >= 0.6 is 0 Å². The number of amides is 2. The number of furan rings is 1. The smallest absolute Gasteiger partial charge is 0.316 e. The van der Waals surface area contributed by atoms with Crippen molar-refractivity contribution in [3.8, 4) is 5.75 Å². The van der Waals surface area contributed by atoms with Gasteiger partial charge in [-0.05, 0) is 38.1 Å². The molecule has 0 aliphatic heterocycles. The summed E-state index contributed by atoms with van der Waals surface area (Å²) in [6, 6.07) is 7.68. The van der Waals surface area contributed by atoms with Gasteiger partial charge in [-0.25, -0.2) is 4.79 Å². The number of fused-ring (bicyclic) bond motifs is 1. The van der Waals surface area contributed by atoms with E-state index in [4.69, 9.17) is 14.9 Å². The minimum Gasteiger partial charge on any atom is -0.497 e. The molecule has 2 aromatic heterocycles. The summed E-state index contributed by atoms with van der Waals surface area (Å²) in [6.07, 6.45) is 0. The van der Waals surface area contributed by atoms with E-state index in [9.17, 15) is 9.59 Å². The third-order valence-electron chi connectivity index (χ3n) is 3.82. The number of anilines is 1. The topological polar surface area (TPSA) is 107 Å². The second-order valence-corrected chi connectivity index (χ2v) is 5.57. The van der Waals surface area contributed by atoms with Crippen molar-refractivity contribution in [2.75, 3.05) is 12.4 Å². The number of urea groups is 1. The zero-order valence-corrected chi connectivity index (χ0v) is 14.0. The molecule has 0 aliphatic carbocycles. The molecule has 2 amide bonds. The first-order chi connectivity index (χ1) is 11.9. The van der Waals surface area contributed by atoms with E-state index in [1.807, 2.05) is 6.92 Å². The van der Waals surface area contributed by atoms with E-state index in [-0.39, 0.29) is 17.2 Å². The van der Waals surface area contributed by atoms with E-state index < -0.39 is 6.03 Å². The van der Waals surface area contributed by atoms with Crippen molar-refractivity contribution < 1.29 is 18.7 Å². The first kappa shape index (κ1) is 16.5. The summed E-state index contributed by atoms with van der Waals surface area (Å²) < 4.78 is 10.9. The van der Waals surface area contributed by atoms with Crippen LogP contribution in [0.3, 0.4) is 0 Å². The highest BCUT2D eigenvalue weighted by molar-refractivity contribution is 6.17. The van der Waals surface area contributed by atoms with E-state index in [1.54, 1.807) is 37.3 Å². The molecule has 3 aromatic rings. The first-order valence-electron chi connectivity index (χ1n) is 7.56. The Morgan fingerprint density at radius 3 is 2.60 bits per heavy atom. The molecule has 0 spiro atoms. The van der Waals surface area contributed by atoms with Gasteiger partial charge in [-0.1, -0.05) is 0 Å². The number of ether oxygens (including phenoxy) is 1. The highest BCUT2D eigenvalue weighted by Gasteiger charge is 2.24. The van der Waals surface area contributed by atoms with Crippen LogP contribution < -0.4 is 15.8 Å². The van der Waals surface area contributed by atoms with Crippen molar-refractivity contribution in [2.24, 2.45) is 5.73 Å². The zero-order valence-electron chi connectivity index (χ0n) is 14.0. The molecule has 0 saturated carbocycles. The largest absolute Gasteiger partial charge is 0.497 e. The SMILES string of the molecule is COc1ccc2c(NC(N)=O)c(C(=O)c3ccc(C)nc3C)oc2c1. The molecule has 0 aliphatic rings. The fraction of sp³-hybridized carbons (Fsp3) is 0.167. The predicted molar refractivity (Wildman–Crippen MR) is 93.1 cm³/mol. The Balaban J connectivity index is 2.19. The maximum absolute atomic E-state index is 12.9. The van der Waals surface area contributed by atoms with Crippen LogP contribution in [0.25, 0.3) is 11.0 Å². The van der Waals surface area contributed by atoms with Gasteiger partial charge in [0.05, 0.1) is 7.11 Å². The maximum Gasteiger partial charge on any atom is 0.316 e. The van der Waals surface area contributed by atoms with Gasteiger partial charge in [0.2, 0.25) is 5.78 Å². The summed E-state index contributed by atoms with van der Waals surface area (Å²) >= 11 is 0. The van der Waals surface area contributed by atoms with Gasteiger partial charge in [0.1, 0.15) is 17.0 Å². The highest BCUT2D eigenvalue weighted by atomic mass is 16.5. The predicted octanol–water partition coefficient (Wildman–Crippen LogP) is 3.17. The number of carbonyl (C=O) groups excluding carboxylic acids is 2. The van der Waals surface area contributed by atoms with E-state index in [1.165, 1.54) is 7.11 Å². The van der Waals surface area contributed by atoms with Crippen LogP contribution in [0.2, 0.25) is 0 Å². The van der Waals surface area contributed by atoms with Gasteiger partial charge >= 0.3 is 6.03 Å². The minimum absolute atomic E-state index is 0.00388. The van der Waals surface area contributed by atoms with Crippen molar-refractivity contribution in [3.05, 3.63) is 53.0 Å². The molecule has 0 fully saturated rings. The van der Waals surface area contributed by atoms with E-state index in [0.717, 1.165) is 5.69 Å². The lowest BCUT2D eigenvalue weighted by molar-refractivity contribution is 0.101. The average molecular weight is 339 g/mol. The van der Waals surface area contributed by atoms with Crippen molar-refractivity contribution in [2.45, 2.75) is 13.8 Å². The van der Waals surface area contributed by atoms with Gasteiger partial charge in [-0.15, -0.1) is 0 Å². The minimum atomic E-state index is -0.786. The number of carbonyl (C=O) groups is 2. The van der Waals surface area contributed by atoms with Crippen LogP contribution in [0.1, 0.15) is 27.5 Å². The first-order valence-corrected chi connectivity index (χ1v) is 7.56. The summed E-state index contributed by atoms with van der Waals surface area (Å²) in [5, 5.41) is 3.03. The van der Waals surface area contributed by atoms with Crippen molar-refractivity contribution in [1.82, 2.24) is 4.98 Å². The molecule has 0 saturated heterocycles. The number of hydrogen-bond acceptors (Lipinski definition) is 5. The second kappa shape index (κ2) is 6.27. The summed E-state index contributed by atoms with van der Waals surface area (Å²) in [5.41, 5.74) is 7.66. The zero-order chi connectivity index (χ0) is 18.1. The molecule has 128 valence electrons. The lowest BCUT2D eigenvalue weighted by Gasteiger charge is -2.06. The molecular formula is C18H17N3O4. The highest BCUT2D eigenvalue weighted by Crippen LogP contribution is 2.34. The van der Waals surface area contributed by atoms with Crippen LogP contribution in [-0.4, -0.2) is 23.9 Å². The Kier molecular flexibility index (Phi) is 4.14. The number of pyridine rings is 1. The molecule has 0 bridgehead atoms. The van der Waals surface area contributed by atoms with Gasteiger partial charge in [0.25, 0.3) is 0 Å². The van der Waals surface area contributed by atoms with Crippen LogP contribution in [0.15, 0.2) is 34.7 Å². The fourth-order valence-corrected chi connectivity index (χ4v) is 2.66. The summed E-state index contributed by atoms with van der Waals surface area (Å²) in [7, 11) is 1.53. The van der Waals surface area contributed by atoms with Crippen LogP contribution in [0.4, 0.5) is 10.5 Å². The van der Waals surface area contributed by atoms with Crippen LogP contribution in [0.5, 0.6) is 5.75 Å². The number of aryl methyl sites for hydroxylation is 2. The molecule has 0 unspecified atom stereocenters. The second-order valence-electron chi connectivity index (χ2n) is 5.57. The lowest BCUT2D eigenvalue weighted by atomic mass is 10.1. The Hall–Kier alpha value is -3.35. The Labute approximate surface area is 143 Å². The Morgan fingerprint density at radius 2 is 1.96 bits per heavy atom. The molecule has 7 nitrogen and oxygen atoms in total. The number of hydrogen-bond donors (Lipinski definition) is 2. The molecule has 0 atom stereocenters. The molecule has 3 N–H and O–H groups in total. The standard InChI is InChI=1S/C18H17N3O4/c1-9-4-6-12(10(2)20-9)16(22)17-15(21-18(19)23)13-7-5-11(24-3)8-14(13)25-17/h4-8H,1-3H3,(H3,19,21,23). The number of nitrogens with one attached hydrogen (secondary N) is 1. The normalized spacial score (nSPS) is 10.7. The van der Waals surface area contributed by atoms with Gasteiger partial charge in [0.15, 0.2) is 5.76 Å². The number of nitrogens with two attached hydrogens (primary N) is 1. The molecule has 1 aromatic carbocycles. The van der Waals surface area contributed by atoms with Crippen molar-refractivity contribution in [3.63, 3.8) is 0 Å². The van der Waals surface area contributed by atoms with Crippen molar-refractivity contribution in [1.29, 1.82) is 0 Å². The third-order valence-corrected chi connectivity index (χ3v) is 3.82. The number of rotatable bonds is 4. The lowest BCUT2D eigenvalue weighted by Crippen LogP contribution is -2.20. The van der Waals surface area contributed by atoms with Gasteiger partial charge < -0.3 is 20.2 Å². The van der Waals surface area contributed by atoms with E-state index >= 15 is 0 Å².